The average molecular weight is 372 g/mol. The van der Waals surface area contributed by atoms with Gasteiger partial charge in [-0.2, -0.15) is 0 Å². The van der Waals surface area contributed by atoms with E-state index in [1.807, 2.05) is 48.5 Å². The Hall–Kier alpha value is -2.40. The Labute approximate surface area is 141 Å². The van der Waals surface area contributed by atoms with Gasteiger partial charge >= 0.3 is 5.97 Å². The maximum Gasteiger partial charge on any atom is 0.337 e. The number of hydrogen-bond donors (Lipinski definition) is 1. The zero-order chi connectivity index (χ0) is 16.4. The summed E-state index contributed by atoms with van der Waals surface area (Å²) in [4.78, 5) is 16.1. The second-order valence-corrected chi connectivity index (χ2v) is 5.95. The molecule has 0 bridgehead atoms. The Morgan fingerprint density at radius 1 is 1.17 bits per heavy atom. The van der Waals surface area contributed by atoms with Crippen molar-refractivity contribution in [2.45, 2.75) is 13.5 Å². The molecule has 0 radical (unpaired) electrons. The first-order valence-corrected chi connectivity index (χ1v) is 7.86. The fourth-order valence-corrected chi connectivity index (χ4v) is 2.94. The highest BCUT2D eigenvalue weighted by molar-refractivity contribution is 9.10. The number of benzene rings is 2. The highest BCUT2D eigenvalue weighted by Gasteiger charge is 2.18. The number of halogens is 1. The van der Waals surface area contributed by atoms with Crippen LogP contribution in [-0.4, -0.2) is 16.1 Å². The van der Waals surface area contributed by atoms with E-state index in [0.717, 1.165) is 15.4 Å². The van der Waals surface area contributed by atoms with Crippen LogP contribution in [-0.2, 0) is 6.61 Å². The van der Waals surface area contributed by atoms with Gasteiger partial charge in [0.25, 0.3) is 0 Å². The second kappa shape index (κ2) is 6.38. The maximum atomic E-state index is 11.7. The van der Waals surface area contributed by atoms with Crippen molar-refractivity contribution in [1.29, 1.82) is 0 Å². The lowest BCUT2D eigenvalue weighted by atomic mass is 10.0. The first-order valence-electron chi connectivity index (χ1n) is 7.06. The summed E-state index contributed by atoms with van der Waals surface area (Å²) in [6.07, 6.45) is 0. The Kier molecular flexibility index (Phi) is 4.30. The molecule has 0 aliphatic carbocycles. The van der Waals surface area contributed by atoms with Crippen LogP contribution in [0.1, 0.15) is 21.6 Å². The van der Waals surface area contributed by atoms with E-state index in [1.165, 1.54) is 0 Å². The summed E-state index contributed by atoms with van der Waals surface area (Å²) in [5.74, 6) is -0.345. The van der Waals surface area contributed by atoms with Crippen molar-refractivity contribution in [1.82, 2.24) is 4.98 Å². The Bertz CT molecular complexity index is 893. The lowest BCUT2D eigenvalue weighted by molar-refractivity contribution is 0.0692. The van der Waals surface area contributed by atoms with Gasteiger partial charge in [0.05, 0.1) is 21.2 Å². The minimum Gasteiger partial charge on any atom is -0.486 e. The third-order valence-electron chi connectivity index (χ3n) is 3.64. The number of fused-ring (bicyclic) bond motifs is 1. The number of rotatable bonds is 4. The van der Waals surface area contributed by atoms with Crippen LogP contribution in [0.3, 0.4) is 0 Å². The molecule has 23 heavy (non-hydrogen) atoms. The zero-order valence-electron chi connectivity index (χ0n) is 12.4. The molecular formula is C18H14BrNO3. The molecule has 116 valence electrons. The largest absolute Gasteiger partial charge is 0.486 e. The Morgan fingerprint density at radius 3 is 2.61 bits per heavy atom. The second-order valence-electron chi connectivity index (χ2n) is 5.10. The van der Waals surface area contributed by atoms with Gasteiger partial charge < -0.3 is 9.84 Å². The van der Waals surface area contributed by atoms with E-state index in [-0.39, 0.29) is 12.2 Å². The molecule has 1 N–H and O–H groups in total. The molecule has 5 heteroatoms. The number of aryl methyl sites for hydroxylation is 1. The number of para-hydroxylation sites is 2. The smallest absolute Gasteiger partial charge is 0.337 e. The van der Waals surface area contributed by atoms with E-state index in [4.69, 9.17) is 4.74 Å². The quantitative estimate of drug-likeness (QED) is 0.728. The molecule has 0 unspecified atom stereocenters. The molecule has 3 aromatic rings. The number of carbonyl (C=O) groups is 1. The van der Waals surface area contributed by atoms with E-state index in [1.54, 1.807) is 6.92 Å². The summed E-state index contributed by atoms with van der Waals surface area (Å²) >= 11 is 3.41. The molecule has 0 saturated carbocycles. The number of nitrogens with zero attached hydrogens (tertiary/aromatic N) is 1. The van der Waals surface area contributed by atoms with Gasteiger partial charge in [0.1, 0.15) is 12.4 Å². The predicted octanol–water partition coefficient (Wildman–Crippen LogP) is 4.58. The molecule has 2 aromatic carbocycles. The predicted molar refractivity (Wildman–Crippen MR) is 91.9 cm³/mol. The summed E-state index contributed by atoms with van der Waals surface area (Å²) in [6, 6.07) is 14.9. The van der Waals surface area contributed by atoms with E-state index >= 15 is 0 Å². The minimum absolute atomic E-state index is 0.0932. The van der Waals surface area contributed by atoms with Gasteiger partial charge in [-0.25, -0.2) is 9.78 Å². The van der Waals surface area contributed by atoms with Crippen molar-refractivity contribution in [3.8, 4) is 5.75 Å². The van der Waals surface area contributed by atoms with E-state index in [9.17, 15) is 9.90 Å². The highest BCUT2D eigenvalue weighted by atomic mass is 79.9. The highest BCUT2D eigenvalue weighted by Crippen LogP contribution is 2.27. The van der Waals surface area contributed by atoms with Crippen molar-refractivity contribution in [2.75, 3.05) is 0 Å². The van der Waals surface area contributed by atoms with Crippen molar-refractivity contribution in [3.63, 3.8) is 0 Å². The number of carboxylic acids is 1. The number of aromatic nitrogens is 1. The lowest BCUT2D eigenvalue weighted by Gasteiger charge is -2.13. The topological polar surface area (TPSA) is 59.4 Å². The molecule has 3 rings (SSSR count). The third kappa shape index (κ3) is 3.05. The van der Waals surface area contributed by atoms with E-state index in [0.29, 0.717) is 17.0 Å². The molecular weight excluding hydrogens is 358 g/mol. The van der Waals surface area contributed by atoms with Gasteiger partial charge in [-0.15, -0.1) is 0 Å². The molecule has 1 heterocycles. The van der Waals surface area contributed by atoms with Gasteiger partial charge in [0.15, 0.2) is 0 Å². The maximum absolute atomic E-state index is 11.7. The van der Waals surface area contributed by atoms with Crippen LogP contribution in [0.4, 0.5) is 0 Å². The van der Waals surface area contributed by atoms with Gasteiger partial charge in [0.2, 0.25) is 0 Å². The van der Waals surface area contributed by atoms with Crippen molar-refractivity contribution in [2.24, 2.45) is 0 Å². The Balaban J connectivity index is 2.04. The van der Waals surface area contributed by atoms with Crippen LogP contribution in [0.2, 0.25) is 0 Å². The molecule has 1 aromatic heterocycles. The first-order chi connectivity index (χ1) is 11.1. The van der Waals surface area contributed by atoms with Crippen LogP contribution < -0.4 is 4.74 Å². The summed E-state index contributed by atoms with van der Waals surface area (Å²) < 4.78 is 6.56. The molecule has 4 nitrogen and oxygen atoms in total. The van der Waals surface area contributed by atoms with Crippen LogP contribution in [0.25, 0.3) is 10.9 Å². The van der Waals surface area contributed by atoms with Crippen molar-refractivity contribution in [3.05, 3.63) is 69.8 Å². The standard InChI is InChI=1S/C18H14BrNO3/c1-11-12-6-2-4-8-14(12)20-15(17(11)18(21)22)10-23-16-9-5-3-7-13(16)19/h2-9H,10H2,1H3,(H,21,22). The number of carboxylic acid groups (broad SMARTS) is 1. The van der Waals surface area contributed by atoms with Crippen molar-refractivity contribution >= 4 is 32.8 Å². The summed E-state index contributed by atoms with van der Waals surface area (Å²) in [5.41, 5.74) is 2.09. The van der Waals surface area contributed by atoms with Crippen LogP contribution in [0.15, 0.2) is 53.0 Å². The SMILES string of the molecule is Cc1c(C(=O)O)c(COc2ccccc2Br)nc2ccccc12. The van der Waals surface area contributed by atoms with Crippen LogP contribution in [0, 0.1) is 6.92 Å². The monoisotopic (exact) mass is 371 g/mol. The van der Waals surface area contributed by atoms with Gasteiger partial charge in [-0.1, -0.05) is 30.3 Å². The van der Waals surface area contributed by atoms with Crippen molar-refractivity contribution < 1.29 is 14.6 Å². The van der Waals surface area contributed by atoms with Gasteiger partial charge in [0, 0.05) is 5.39 Å². The summed E-state index contributed by atoms with van der Waals surface area (Å²) in [5, 5.41) is 10.4. The number of hydrogen-bond acceptors (Lipinski definition) is 3. The normalized spacial score (nSPS) is 10.7. The lowest BCUT2D eigenvalue weighted by Crippen LogP contribution is -2.11. The number of ether oxygens (including phenoxy) is 1. The van der Waals surface area contributed by atoms with Gasteiger partial charge in [-0.05, 0) is 46.6 Å². The van der Waals surface area contributed by atoms with E-state index < -0.39 is 5.97 Å². The summed E-state index contributed by atoms with van der Waals surface area (Å²) in [7, 11) is 0. The number of aromatic carboxylic acids is 1. The third-order valence-corrected chi connectivity index (χ3v) is 4.30. The zero-order valence-corrected chi connectivity index (χ0v) is 14.0. The molecule has 0 amide bonds. The molecule has 0 saturated heterocycles. The molecule has 0 atom stereocenters. The van der Waals surface area contributed by atoms with E-state index in [2.05, 4.69) is 20.9 Å². The number of pyridine rings is 1. The van der Waals surface area contributed by atoms with Crippen LogP contribution in [0.5, 0.6) is 5.75 Å². The minimum atomic E-state index is -0.994. The van der Waals surface area contributed by atoms with Crippen LogP contribution >= 0.6 is 15.9 Å². The Morgan fingerprint density at radius 2 is 1.87 bits per heavy atom. The molecule has 0 spiro atoms. The molecule has 0 aliphatic heterocycles. The average Bonchev–Trinajstić information content (AvgIpc) is 2.54. The summed E-state index contributed by atoms with van der Waals surface area (Å²) in [6.45, 7) is 1.89. The van der Waals surface area contributed by atoms with Gasteiger partial charge in [-0.3, -0.25) is 0 Å². The molecule has 0 aliphatic rings. The fraction of sp³-hybridized carbons (Fsp3) is 0.111. The molecule has 0 fully saturated rings. The fourth-order valence-electron chi connectivity index (χ4n) is 2.54. The first kappa shape index (κ1) is 15.5.